The smallest absolute Gasteiger partial charge is 0.236 e. The molecule has 1 atom stereocenters. The fourth-order valence-corrected chi connectivity index (χ4v) is 4.08. The zero-order valence-electron chi connectivity index (χ0n) is 17.9. The highest BCUT2D eigenvalue weighted by Crippen LogP contribution is 2.31. The summed E-state index contributed by atoms with van der Waals surface area (Å²) in [5.41, 5.74) is 2.51. The summed E-state index contributed by atoms with van der Waals surface area (Å²) in [5, 5.41) is 0. The first-order chi connectivity index (χ1) is 14.6. The lowest BCUT2D eigenvalue weighted by Gasteiger charge is -2.37. The molecule has 1 unspecified atom stereocenters. The first kappa shape index (κ1) is 20.5. The molecule has 1 fully saturated rings. The highest BCUT2D eigenvalue weighted by molar-refractivity contribution is 5.78. The van der Waals surface area contributed by atoms with E-state index >= 15 is 0 Å². The number of rotatable bonds is 6. The number of fused-ring (bicyclic) bond motifs is 1. The third-order valence-electron chi connectivity index (χ3n) is 5.83. The number of nitrogens with zero attached hydrogens (tertiary/aromatic N) is 3. The minimum Gasteiger partial charge on any atom is -0.486 e. The van der Waals surface area contributed by atoms with Gasteiger partial charge in [-0.15, -0.1) is 0 Å². The van der Waals surface area contributed by atoms with Crippen molar-refractivity contribution in [2.45, 2.75) is 20.0 Å². The van der Waals surface area contributed by atoms with Crippen molar-refractivity contribution in [3.8, 4) is 11.5 Å². The van der Waals surface area contributed by atoms with E-state index in [1.165, 1.54) is 11.3 Å². The van der Waals surface area contributed by atoms with E-state index in [4.69, 9.17) is 9.47 Å². The summed E-state index contributed by atoms with van der Waals surface area (Å²) >= 11 is 0. The molecule has 1 saturated heterocycles. The number of carbonyl (C=O) groups is 1. The lowest BCUT2D eigenvalue weighted by molar-refractivity contribution is -0.133. The molecule has 2 heterocycles. The first-order valence-electron chi connectivity index (χ1n) is 10.8. The van der Waals surface area contributed by atoms with Crippen molar-refractivity contribution in [3.05, 3.63) is 54.1 Å². The topological polar surface area (TPSA) is 45.3 Å². The summed E-state index contributed by atoms with van der Waals surface area (Å²) in [6.07, 6.45) is -0.0641. The molecule has 0 N–H and O–H groups in total. The van der Waals surface area contributed by atoms with E-state index in [-0.39, 0.29) is 12.0 Å². The van der Waals surface area contributed by atoms with Gasteiger partial charge < -0.3 is 19.3 Å². The second-order valence-electron chi connectivity index (χ2n) is 8.03. The fourth-order valence-electron chi connectivity index (χ4n) is 4.08. The van der Waals surface area contributed by atoms with E-state index in [9.17, 15) is 4.79 Å². The molecule has 2 aliphatic rings. The fraction of sp³-hybridized carbons (Fsp3) is 0.458. The zero-order valence-corrected chi connectivity index (χ0v) is 17.9. The molecule has 0 bridgehead atoms. The predicted molar refractivity (Wildman–Crippen MR) is 118 cm³/mol. The lowest BCUT2D eigenvalue weighted by Crippen LogP contribution is -2.52. The first-order valence-corrected chi connectivity index (χ1v) is 10.8. The number of aryl methyl sites for hydroxylation is 1. The molecule has 2 aromatic carbocycles. The molecule has 2 aromatic rings. The molecule has 0 radical (unpaired) electrons. The van der Waals surface area contributed by atoms with Crippen molar-refractivity contribution in [3.63, 3.8) is 0 Å². The number of carbonyl (C=O) groups excluding carboxylic acids is 1. The number of para-hydroxylation sites is 2. The Morgan fingerprint density at radius 2 is 1.83 bits per heavy atom. The van der Waals surface area contributed by atoms with Crippen molar-refractivity contribution in [1.29, 1.82) is 0 Å². The Morgan fingerprint density at radius 3 is 2.57 bits per heavy atom. The molecule has 1 amide bonds. The average Bonchev–Trinajstić information content (AvgIpc) is 2.78. The van der Waals surface area contributed by atoms with Gasteiger partial charge in [-0.05, 0) is 43.3 Å². The molecular formula is C24H31N3O3. The van der Waals surface area contributed by atoms with E-state index in [1.54, 1.807) is 0 Å². The maximum atomic E-state index is 12.9. The Hall–Kier alpha value is -2.73. The van der Waals surface area contributed by atoms with E-state index in [2.05, 4.69) is 47.9 Å². The number of hydrogen-bond acceptors (Lipinski definition) is 5. The molecule has 30 heavy (non-hydrogen) atoms. The Balaban J connectivity index is 1.27. The minimum absolute atomic E-state index is 0.0641. The Kier molecular flexibility index (Phi) is 6.43. The average molecular weight is 410 g/mol. The van der Waals surface area contributed by atoms with Crippen LogP contribution in [0.1, 0.15) is 12.5 Å². The summed E-state index contributed by atoms with van der Waals surface area (Å²) in [6.45, 7) is 9.88. The maximum absolute atomic E-state index is 12.9. The van der Waals surface area contributed by atoms with Crippen molar-refractivity contribution in [2.24, 2.45) is 0 Å². The van der Waals surface area contributed by atoms with Crippen LogP contribution in [0.25, 0.3) is 0 Å². The summed E-state index contributed by atoms with van der Waals surface area (Å²) in [6, 6.07) is 16.3. The summed E-state index contributed by atoms with van der Waals surface area (Å²) < 4.78 is 11.9. The van der Waals surface area contributed by atoms with Gasteiger partial charge >= 0.3 is 0 Å². The van der Waals surface area contributed by atoms with E-state index in [0.29, 0.717) is 19.7 Å². The molecule has 4 rings (SSSR count). The maximum Gasteiger partial charge on any atom is 0.236 e. The van der Waals surface area contributed by atoms with Gasteiger partial charge in [0.05, 0.1) is 6.54 Å². The molecule has 0 saturated carbocycles. The number of piperazine rings is 1. The third kappa shape index (κ3) is 4.87. The highest BCUT2D eigenvalue weighted by atomic mass is 16.6. The van der Waals surface area contributed by atoms with Crippen LogP contribution in [0, 0.1) is 6.92 Å². The number of amides is 1. The largest absolute Gasteiger partial charge is 0.486 e. The second kappa shape index (κ2) is 9.39. The molecule has 0 spiro atoms. The molecule has 0 aliphatic carbocycles. The lowest BCUT2D eigenvalue weighted by atomic mass is 10.2. The standard InChI is InChI=1S/C24H31N3O3/c1-3-25(16-21-18-29-22-9-4-5-10-23(22)30-21)17-24(28)27-13-11-26(12-14-27)20-8-6-7-19(2)15-20/h4-10,15,21H,3,11-14,16-18H2,1-2H3. The van der Waals surface area contributed by atoms with Crippen molar-refractivity contribution in [1.82, 2.24) is 9.80 Å². The second-order valence-corrected chi connectivity index (χ2v) is 8.03. The number of hydrogen-bond donors (Lipinski definition) is 0. The van der Waals surface area contributed by atoms with Gasteiger partial charge in [0.25, 0.3) is 0 Å². The van der Waals surface area contributed by atoms with Gasteiger partial charge in [0.1, 0.15) is 12.7 Å². The third-order valence-corrected chi connectivity index (χ3v) is 5.83. The van der Waals surface area contributed by atoms with Crippen LogP contribution in [0.3, 0.4) is 0 Å². The quantitative estimate of drug-likeness (QED) is 0.734. The minimum atomic E-state index is -0.0641. The number of anilines is 1. The molecular weight excluding hydrogens is 378 g/mol. The summed E-state index contributed by atoms with van der Waals surface area (Å²) in [4.78, 5) is 19.4. The Labute approximate surface area is 179 Å². The molecule has 160 valence electrons. The molecule has 0 aromatic heterocycles. The Morgan fingerprint density at radius 1 is 1.07 bits per heavy atom. The van der Waals surface area contributed by atoms with Crippen LogP contribution in [-0.2, 0) is 4.79 Å². The van der Waals surface area contributed by atoms with Gasteiger partial charge in [-0.2, -0.15) is 0 Å². The van der Waals surface area contributed by atoms with Crippen LogP contribution in [0.4, 0.5) is 5.69 Å². The van der Waals surface area contributed by atoms with E-state index in [0.717, 1.165) is 44.2 Å². The van der Waals surface area contributed by atoms with Crippen LogP contribution >= 0.6 is 0 Å². The zero-order chi connectivity index (χ0) is 20.9. The van der Waals surface area contributed by atoms with Crippen LogP contribution in [-0.4, -0.2) is 74.2 Å². The predicted octanol–water partition coefficient (Wildman–Crippen LogP) is 2.81. The molecule has 6 nitrogen and oxygen atoms in total. The van der Waals surface area contributed by atoms with Crippen LogP contribution in [0.15, 0.2) is 48.5 Å². The van der Waals surface area contributed by atoms with Crippen molar-refractivity contribution in [2.75, 3.05) is 57.3 Å². The molecule has 2 aliphatic heterocycles. The normalized spacial score (nSPS) is 18.6. The summed E-state index contributed by atoms with van der Waals surface area (Å²) in [5.74, 6) is 1.76. The van der Waals surface area contributed by atoms with E-state index < -0.39 is 0 Å². The number of ether oxygens (including phenoxy) is 2. The monoisotopic (exact) mass is 409 g/mol. The van der Waals surface area contributed by atoms with Gasteiger partial charge in [0.15, 0.2) is 11.5 Å². The Bertz CT molecular complexity index is 864. The highest BCUT2D eigenvalue weighted by Gasteiger charge is 2.26. The summed E-state index contributed by atoms with van der Waals surface area (Å²) in [7, 11) is 0. The SMILES string of the molecule is CCN(CC(=O)N1CCN(c2cccc(C)c2)CC1)CC1COc2ccccc2O1. The molecule has 6 heteroatoms. The number of benzene rings is 2. The van der Waals surface area contributed by atoms with Gasteiger partial charge in [-0.25, -0.2) is 0 Å². The van der Waals surface area contributed by atoms with Gasteiger partial charge in [-0.3, -0.25) is 9.69 Å². The van der Waals surface area contributed by atoms with Gasteiger partial charge in [0, 0.05) is 38.4 Å². The van der Waals surface area contributed by atoms with Crippen molar-refractivity contribution < 1.29 is 14.3 Å². The van der Waals surface area contributed by atoms with Crippen LogP contribution in [0.2, 0.25) is 0 Å². The van der Waals surface area contributed by atoms with Crippen molar-refractivity contribution >= 4 is 11.6 Å². The van der Waals surface area contributed by atoms with Gasteiger partial charge in [-0.1, -0.05) is 31.2 Å². The van der Waals surface area contributed by atoms with Gasteiger partial charge in [0.2, 0.25) is 5.91 Å². The van der Waals surface area contributed by atoms with Crippen LogP contribution in [0.5, 0.6) is 11.5 Å². The van der Waals surface area contributed by atoms with Crippen LogP contribution < -0.4 is 14.4 Å². The number of likely N-dealkylation sites (N-methyl/N-ethyl adjacent to an activating group) is 1. The van der Waals surface area contributed by atoms with E-state index in [1.807, 2.05) is 29.2 Å².